The van der Waals surface area contributed by atoms with Crippen LogP contribution in [0.2, 0.25) is 0 Å². The highest BCUT2D eigenvalue weighted by molar-refractivity contribution is 6.00. The van der Waals surface area contributed by atoms with Crippen LogP contribution in [0, 0.1) is 5.92 Å². The third-order valence-electron chi connectivity index (χ3n) is 6.50. The summed E-state index contributed by atoms with van der Waals surface area (Å²) in [4.78, 5) is 50.3. The number of amides is 2. The average Bonchev–Trinajstić information content (AvgIpc) is 3.34. The van der Waals surface area contributed by atoms with Crippen LogP contribution in [0.3, 0.4) is 0 Å². The highest BCUT2D eigenvalue weighted by atomic mass is 16.5. The van der Waals surface area contributed by atoms with Crippen molar-refractivity contribution in [1.82, 2.24) is 0 Å². The molecule has 0 bridgehead atoms. The molecule has 2 amide bonds. The van der Waals surface area contributed by atoms with E-state index < -0.39 is 24.4 Å². The van der Waals surface area contributed by atoms with Gasteiger partial charge in [0.1, 0.15) is 11.5 Å². The lowest BCUT2D eigenvalue weighted by molar-refractivity contribution is -0.151. The Bertz CT molecular complexity index is 1540. The number of ether oxygens (including phenoxy) is 2. The van der Waals surface area contributed by atoms with Crippen LogP contribution in [0.1, 0.15) is 23.7 Å². The number of benzene rings is 4. The second-order valence-electron chi connectivity index (χ2n) is 9.27. The molecule has 8 heteroatoms. The van der Waals surface area contributed by atoms with Crippen molar-refractivity contribution < 1.29 is 28.7 Å². The summed E-state index contributed by atoms with van der Waals surface area (Å²) >= 11 is 0. The number of rotatable bonds is 8. The molecule has 0 spiro atoms. The molecular weight excluding hydrogens is 496 g/mol. The fourth-order valence-corrected chi connectivity index (χ4v) is 4.46. The van der Waals surface area contributed by atoms with Crippen LogP contribution in [0.15, 0.2) is 91.0 Å². The highest BCUT2D eigenvalue weighted by Crippen LogP contribution is 2.32. The Kier molecular flexibility index (Phi) is 7.36. The minimum Gasteiger partial charge on any atom is -0.457 e. The van der Waals surface area contributed by atoms with Crippen molar-refractivity contribution >= 4 is 45.7 Å². The zero-order valence-electron chi connectivity index (χ0n) is 21.3. The number of hydrogen-bond donors (Lipinski definition) is 1. The summed E-state index contributed by atoms with van der Waals surface area (Å²) in [5.41, 5.74) is 1.66. The van der Waals surface area contributed by atoms with Gasteiger partial charge in [0.25, 0.3) is 5.91 Å². The van der Waals surface area contributed by atoms with Crippen molar-refractivity contribution in [3.63, 3.8) is 0 Å². The molecule has 4 aromatic rings. The van der Waals surface area contributed by atoms with E-state index >= 15 is 0 Å². The van der Waals surface area contributed by atoms with Crippen molar-refractivity contribution in [2.24, 2.45) is 5.92 Å². The summed E-state index contributed by atoms with van der Waals surface area (Å²) in [7, 11) is 0. The van der Waals surface area contributed by atoms with Crippen LogP contribution in [0.5, 0.6) is 11.5 Å². The molecule has 1 heterocycles. The largest absolute Gasteiger partial charge is 0.457 e. The van der Waals surface area contributed by atoms with E-state index in [1.165, 1.54) is 11.8 Å². The summed E-state index contributed by atoms with van der Waals surface area (Å²) in [5.74, 6) is -0.711. The maximum Gasteiger partial charge on any atom is 0.311 e. The maximum absolute atomic E-state index is 12.7. The predicted octanol–water partition coefficient (Wildman–Crippen LogP) is 5.37. The van der Waals surface area contributed by atoms with Crippen molar-refractivity contribution in [3.05, 3.63) is 96.6 Å². The quantitative estimate of drug-likeness (QED) is 0.247. The van der Waals surface area contributed by atoms with Gasteiger partial charge in [0.15, 0.2) is 12.4 Å². The van der Waals surface area contributed by atoms with Gasteiger partial charge in [0, 0.05) is 35.3 Å². The van der Waals surface area contributed by atoms with Gasteiger partial charge in [-0.05, 0) is 66.9 Å². The molecule has 1 aliphatic rings. The van der Waals surface area contributed by atoms with Gasteiger partial charge in [-0.15, -0.1) is 0 Å². The van der Waals surface area contributed by atoms with Crippen LogP contribution in [0.4, 0.5) is 11.4 Å². The number of nitrogens with one attached hydrogen (secondary N) is 1. The van der Waals surface area contributed by atoms with Gasteiger partial charge in [0.05, 0.1) is 5.92 Å². The molecule has 196 valence electrons. The molecule has 5 rings (SSSR count). The maximum atomic E-state index is 12.7. The lowest BCUT2D eigenvalue weighted by Crippen LogP contribution is -2.28. The summed E-state index contributed by atoms with van der Waals surface area (Å²) in [5, 5.41) is 4.69. The molecule has 1 atom stereocenters. The molecule has 1 aliphatic heterocycles. The fraction of sp³-hybridized carbons (Fsp3) is 0.161. The molecule has 0 aromatic heterocycles. The summed E-state index contributed by atoms with van der Waals surface area (Å²) in [6, 6.07) is 27.3. The zero-order valence-corrected chi connectivity index (χ0v) is 21.3. The van der Waals surface area contributed by atoms with E-state index in [-0.39, 0.29) is 24.7 Å². The number of hydrogen-bond acceptors (Lipinski definition) is 6. The lowest BCUT2D eigenvalue weighted by atomic mass is 10.1. The van der Waals surface area contributed by atoms with Gasteiger partial charge in [-0.3, -0.25) is 19.2 Å². The third kappa shape index (κ3) is 5.96. The van der Waals surface area contributed by atoms with Crippen molar-refractivity contribution in [2.45, 2.75) is 13.3 Å². The first-order valence-electron chi connectivity index (χ1n) is 12.5. The normalized spacial score (nSPS) is 14.7. The van der Waals surface area contributed by atoms with Gasteiger partial charge in [-0.25, -0.2) is 0 Å². The molecule has 39 heavy (non-hydrogen) atoms. The molecule has 8 nitrogen and oxygen atoms in total. The molecule has 1 N–H and O–H groups in total. The minimum atomic E-state index is -0.674. The number of carbonyl (C=O) groups is 4. The Balaban J connectivity index is 1.15. The number of Topliss-reactive ketones (excluding diaryl/α,β-unsaturated/α-hetero) is 1. The average molecular weight is 523 g/mol. The van der Waals surface area contributed by atoms with Crippen LogP contribution < -0.4 is 15.0 Å². The number of anilines is 2. The topological polar surface area (TPSA) is 102 Å². The SMILES string of the molecule is CC(=O)c1ccc(NC(=O)COC(=O)[C@H]2CC(=O)N(c3ccc(Oc4cccc5ccccc45)cc3)C2)cc1. The Hall–Kier alpha value is -4.98. The van der Waals surface area contributed by atoms with E-state index in [0.717, 1.165) is 16.5 Å². The molecule has 0 aliphatic carbocycles. The van der Waals surface area contributed by atoms with E-state index in [9.17, 15) is 19.2 Å². The number of nitrogens with zero attached hydrogens (tertiary/aromatic N) is 1. The second-order valence-corrected chi connectivity index (χ2v) is 9.27. The zero-order chi connectivity index (χ0) is 27.4. The van der Waals surface area contributed by atoms with Gasteiger partial charge < -0.3 is 19.7 Å². The van der Waals surface area contributed by atoms with E-state index in [2.05, 4.69) is 5.32 Å². The Morgan fingerprint density at radius 3 is 2.36 bits per heavy atom. The highest BCUT2D eigenvalue weighted by Gasteiger charge is 2.36. The van der Waals surface area contributed by atoms with Crippen molar-refractivity contribution in [1.29, 1.82) is 0 Å². The first kappa shape index (κ1) is 25.7. The van der Waals surface area contributed by atoms with Crippen LogP contribution >= 0.6 is 0 Å². The molecule has 4 aromatic carbocycles. The van der Waals surface area contributed by atoms with Crippen molar-refractivity contribution in [3.8, 4) is 11.5 Å². The monoisotopic (exact) mass is 522 g/mol. The van der Waals surface area contributed by atoms with E-state index in [1.54, 1.807) is 48.5 Å². The summed E-state index contributed by atoms with van der Waals surface area (Å²) in [6.45, 7) is 1.15. The summed E-state index contributed by atoms with van der Waals surface area (Å²) in [6.07, 6.45) is 0.00121. The van der Waals surface area contributed by atoms with Gasteiger partial charge >= 0.3 is 5.97 Å². The molecule has 1 saturated heterocycles. The molecule has 0 radical (unpaired) electrons. The van der Waals surface area contributed by atoms with Gasteiger partial charge in [-0.1, -0.05) is 36.4 Å². The predicted molar refractivity (Wildman–Crippen MR) is 147 cm³/mol. The van der Waals surface area contributed by atoms with Crippen LogP contribution in [-0.4, -0.2) is 36.7 Å². The Labute approximate surface area is 225 Å². The first-order valence-corrected chi connectivity index (χ1v) is 12.5. The molecule has 0 saturated carbocycles. The smallest absolute Gasteiger partial charge is 0.311 e. The number of ketones is 1. The number of fused-ring (bicyclic) bond motifs is 1. The van der Waals surface area contributed by atoms with Crippen LogP contribution in [-0.2, 0) is 19.1 Å². The fourth-order valence-electron chi connectivity index (χ4n) is 4.46. The van der Waals surface area contributed by atoms with Crippen molar-refractivity contribution in [2.75, 3.05) is 23.4 Å². The first-order chi connectivity index (χ1) is 18.9. The van der Waals surface area contributed by atoms with E-state index in [0.29, 0.717) is 22.7 Å². The minimum absolute atomic E-state index is 0.00121. The molecular formula is C31H26N2O6. The molecule has 0 unspecified atom stereocenters. The Morgan fingerprint density at radius 1 is 0.897 bits per heavy atom. The van der Waals surface area contributed by atoms with Gasteiger partial charge in [-0.2, -0.15) is 0 Å². The Morgan fingerprint density at radius 2 is 1.62 bits per heavy atom. The van der Waals surface area contributed by atoms with E-state index in [4.69, 9.17) is 9.47 Å². The standard InChI is InChI=1S/C31H26N2O6/c1-20(34)21-9-11-24(12-10-21)32-29(35)19-38-31(37)23-17-30(36)33(18-23)25-13-15-26(16-14-25)39-28-8-4-6-22-5-2-3-7-27(22)28/h2-16,23H,17-19H2,1H3,(H,32,35)/t23-/m0/s1. The lowest BCUT2D eigenvalue weighted by Gasteiger charge is -2.17. The third-order valence-corrected chi connectivity index (χ3v) is 6.50. The van der Waals surface area contributed by atoms with Crippen LogP contribution in [0.25, 0.3) is 10.8 Å². The number of esters is 1. The number of carbonyl (C=O) groups excluding carboxylic acids is 4. The molecule has 1 fully saturated rings. The second kappa shape index (κ2) is 11.2. The summed E-state index contributed by atoms with van der Waals surface area (Å²) < 4.78 is 11.2. The van der Waals surface area contributed by atoms with E-state index in [1.807, 2.05) is 42.5 Å². The van der Waals surface area contributed by atoms with Gasteiger partial charge in [0.2, 0.25) is 5.91 Å².